The van der Waals surface area contributed by atoms with Crippen molar-refractivity contribution in [2.45, 2.75) is 24.2 Å². The molecule has 0 radical (unpaired) electrons. The minimum atomic E-state index is -3.17. The fourth-order valence-electron chi connectivity index (χ4n) is 3.34. The van der Waals surface area contributed by atoms with Crippen LogP contribution in [0.15, 0.2) is 47.4 Å². The lowest BCUT2D eigenvalue weighted by atomic mass is 9.97. The molecule has 5 heteroatoms. The van der Waals surface area contributed by atoms with Crippen LogP contribution in [0.25, 0.3) is 11.1 Å². The van der Waals surface area contributed by atoms with Crippen LogP contribution >= 0.6 is 11.6 Å². The van der Waals surface area contributed by atoms with Crippen LogP contribution < -0.4 is 4.90 Å². The van der Waals surface area contributed by atoms with E-state index in [0.29, 0.717) is 4.90 Å². The van der Waals surface area contributed by atoms with Crippen LogP contribution in [-0.4, -0.2) is 28.8 Å². The van der Waals surface area contributed by atoms with Gasteiger partial charge < -0.3 is 4.90 Å². The van der Waals surface area contributed by atoms with Gasteiger partial charge in [0.15, 0.2) is 9.84 Å². The van der Waals surface area contributed by atoms with Gasteiger partial charge in [0.05, 0.1) is 15.6 Å². The van der Waals surface area contributed by atoms with Gasteiger partial charge in [0.25, 0.3) is 0 Å². The van der Waals surface area contributed by atoms with Crippen LogP contribution in [0.2, 0.25) is 5.02 Å². The first-order valence-electron chi connectivity index (χ1n) is 8.27. The number of hydrogen-bond donors (Lipinski definition) is 0. The Bertz CT molecular complexity index is 929. The third-order valence-electron chi connectivity index (χ3n) is 4.63. The Morgan fingerprint density at radius 2 is 1.48 bits per heavy atom. The van der Waals surface area contributed by atoms with Gasteiger partial charge in [0, 0.05) is 20.4 Å². The first-order chi connectivity index (χ1) is 11.8. The fourth-order valence-corrected chi connectivity index (χ4v) is 4.32. The van der Waals surface area contributed by atoms with Gasteiger partial charge in [0.2, 0.25) is 0 Å². The van der Waals surface area contributed by atoms with Crippen LogP contribution in [0.3, 0.4) is 0 Å². The third kappa shape index (κ3) is 3.75. The second-order valence-corrected chi connectivity index (χ2v) is 9.09. The van der Waals surface area contributed by atoms with E-state index in [1.54, 1.807) is 12.1 Å². The molecule has 0 atom stereocenters. The normalized spacial score (nSPS) is 14.9. The smallest absolute Gasteiger partial charge is 0.175 e. The van der Waals surface area contributed by atoms with Crippen molar-refractivity contribution in [2.75, 3.05) is 25.3 Å². The van der Waals surface area contributed by atoms with Gasteiger partial charge in [-0.1, -0.05) is 29.8 Å². The lowest BCUT2D eigenvalue weighted by molar-refractivity contribution is 0.602. The number of benzene rings is 2. The molecule has 0 aromatic heterocycles. The third-order valence-corrected chi connectivity index (χ3v) is 6.06. The predicted octanol–water partition coefficient (Wildman–Crippen LogP) is 4.90. The number of rotatable bonds is 4. The quantitative estimate of drug-likeness (QED) is 0.762. The molecule has 132 valence electrons. The Morgan fingerprint density at radius 3 is 2.00 bits per heavy atom. The summed E-state index contributed by atoms with van der Waals surface area (Å²) in [6.07, 6.45) is 4.35. The van der Waals surface area contributed by atoms with Crippen LogP contribution in [0, 0.1) is 0 Å². The van der Waals surface area contributed by atoms with E-state index in [4.69, 9.17) is 11.6 Å². The number of halogens is 1. The van der Waals surface area contributed by atoms with Crippen molar-refractivity contribution in [2.24, 2.45) is 0 Å². The fraction of sp³-hybridized carbons (Fsp3) is 0.300. The molecule has 0 aliphatic heterocycles. The summed E-state index contributed by atoms with van der Waals surface area (Å²) in [7, 11) is 0.788. The highest BCUT2D eigenvalue weighted by atomic mass is 35.5. The summed E-state index contributed by atoms with van der Waals surface area (Å²) in [6, 6.07) is 13.4. The van der Waals surface area contributed by atoms with Crippen LogP contribution in [0.5, 0.6) is 0 Å². The summed E-state index contributed by atoms with van der Waals surface area (Å²) >= 11 is 6.44. The first kappa shape index (κ1) is 18.0. The number of allylic oxidation sites excluding steroid dienone is 2. The van der Waals surface area contributed by atoms with Crippen molar-refractivity contribution >= 4 is 38.3 Å². The Balaban J connectivity index is 2.02. The van der Waals surface area contributed by atoms with Crippen molar-refractivity contribution in [3.63, 3.8) is 0 Å². The number of hydrogen-bond acceptors (Lipinski definition) is 3. The number of sulfone groups is 1. The van der Waals surface area contributed by atoms with Crippen molar-refractivity contribution in [3.8, 4) is 0 Å². The number of anilines is 1. The summed E-state index contributed by atoms with van der Waals surface area (Å²) in [6.45, 7) is 0. The second-order valence-electron chi connectivity index (χ2n) is 6.67. The van der Waals surface area contributed by atoms with E-state index < -0.39 is 9.84 Å². The van der Waals surface area contributed by atoms with E-state index in [-0.39, 0.29) is 0 Å². The molecule has 0 fully saturated rings. The Morgan fingerprint density at radius 1 is 0.920 bits per heavy atom. The molecule has 3 nitrogen and oxygen atoms in total. The molecule has 2 aromatic carbocycles. The minimum Gasteiger partial charge on any atom is -0.376 e. The molecule has 0 saturated heterocycles. The number of nitrogens with zero attached hydrogens (tertiary/aromatic N) is 1. The lowest BCUT2D eigenvalue weighted by Gasteiger charge is -2.16. The van der Waals surface area contributed by atoms with E-state index in [1.807, 2.05) is 43.3 Å². The molecule has 0 saturated carbocycles. The van der Waals surface area contributed by atoms with Gasteiger partial charge >= 0.3 is 0 Å². The molecule has 1 aliphatic rings. The molecule has 25 heavy (non-hydrogen) atoms. The summed E-state index contributed by atoms with van der Waals surface area (Å²) in [4.78, 5) is 2.36. The van der Waals surface area contributed by atoms with E-state index in [1.165, 1.54) is 17.4 Å². The maximum atomic E-state index is 11.6. The first-order valence-corrected chi connectivity index (χ1v) is 10.5. The van der Waals surface area contributed by atoms with E-state index >= 15 is 0 Å². The average Bonchev–Trinajstić information content (AvgIpc) is 3.03. The molecule has 0 unspecified atom stereocenters. The zero-order chi connectivity index (χ0) is 18.2. The van der Waals surface area contributed by atoms with E-state index in [0.717, 1.165) is 41.1 Å². The molecule has 2 aromatic rings. The van der Waals surface area contributed by atoms with Crippen molar-refractivity contribution in [1.29, 1.82) is 0 Å². The molecule has 3 rings (SSSR count). The van der Waals surface area contributed by atoms with Crippen LogP contribution in [0.1, 0.15) is 30.4 Å². The van der Waals surface area contributed by atoms with Gasteiger partial charge in [-0.2, -0.15) is 0 Å². The molecule has 0 bridgehead atoms. The molecule has 0 heterocycles. The molecular formula is C20H22ClNO2S. The largest absolute Gasteiger partial charge is 0.376 e. The maximum absolute atomic E-state index is 11.6. The summed E-state index contributed by atoms with van der Waals surface area (Å²) in [5.74, 6) is 0. The van der Waals surface area contributed by atoms with Gasteiger partial charge in [-0.15, -0.1) is 0 Å². The second kappa shape index (κ2) is 6.85. The Kier molecular flexibility index (Phi) is 4.94. The van der Waals surface area contributed by atoms with Crippen molar-refractivity contribution in [3.05, 3.63) is 58.6 Å². The molecular weight excluding hydrogens is 354 g/mol. The summed E-state index contributed by atoms with van der Waals surface area (Å²) in [5, 5.41) is 0.744. The average molecular weight is 376 g/mol. The van der Waals surface area contributed by atoms with Crippen LogP contribution in [-0.2, 0) is 9.84 Å². The van der Waals surface area contributed by atoms with Gasteiger partial charge in [-0.05, 0) is 65.8 Å². The highest BCUT2D eigenvalue weighted by molar-refractivity contribution is 7.90. The monoisotopic (exact) mass is 375 g/mol. The SMILES string of the molecule is CN(C)c1ccc(C2=C(c3ccc(S(C)(=O)=O)cc3)CCC2)cc1Cl. The topological polar surface area (TPSA) is 37.4 Å². The standard InChI is InChI=1S/C20H22ClNO2S/c1-22(2)20-12-9-15(13-19(20)21)18-6-4-5-17(18)14-7-10-16(11-8-14)25(3,23)24/h7-13H,4-6H2,1-3H3. The van der Waals surface area contributed by atoms with Crippen LogP contribution in [0.4, 0.5) is 5.69 Å². The summed E-state index contributed by atoms with van der Waals surface area (Å²) < 4.78 is 23.3. The predicted molar refractivity (Wildman–Crippen MR) is 106 cm³/mol. The van der Waals surface area contributed by atoms with E-state index in [2.05, 4.69) is 6.07 Å². The highest BCUT2D eigenvalue weighted by Gasteiger charge is 2.19. The van der Waals surface area contributed by atoms with Gasteiger partial charge in [0.1, 0.15) is 0 Å². The van der Waals surface area contributed by atoms with Crippen molar-refractivity contribution in [1.82, 2.24) is 0 Å². The zero-order valence-corrected chi connectivity index (χ0v) is 16.3. The summed E-state index contributed by atoms with van der Waals surface area (Å²) in [5.41, 5.74) is 5.83. The maximum Gasteiger partial charge on any atom is 0.175 e. The highest BCUT2D eigenvalue weighted by Crippen LogP contribution is 2.41. The molecule has 1 aliphatic carbocycles. The minimum absolute atomic E-state index is 0.356. The van der Waals surface area contributed by atoms with Crippen molar-refractivity contribution < 1.29 is 8.42 Å². The Labute approximate surface area is 154 Å². The molecule has 0 N–H and O–H groups in total. The Hall–Kier alpha value is -1.78. The zero-order valence-electron chi connectivity index (χ0n) is 14.7. The van der Waals surface area contributed by atoms with Gasteiger partial charge in [-0.3, -0.25) is 0 Å². The van der Waals surface area contributed by atoms with Gasteiger partial charge in [-0.25, -0.2) is 8.42 Å². The molecule has 0 amide bonds. The van der Waals surface area contributed by atoms with E-state index in [9.17, 15) is 8.42 Å². The molecule has 0 spiro atoms. The lowest BCUT2D eigenvalue weighted by Crippen LogP contribution is -2.09.